The zero-order valence-corrected chi connectivity index (χ0v) is 9.51. The maximum absolute atomic E-state index is 11.1. The first kappa shape index (κ1) is 12.2. The van der Waals surface area contributed by atoms with Crippen molar-refractivity contribution in [3.8, 4) is 0 Å². The third-order valence-electron chi connectivity index (χ3n) is 2.10. The van der Waals surface area contributed by atoms with Gasteiger partial charge in [-0.25, -0.2) is 4.79 Å². The number of ether oxygens (including phenoxy) is 1. The van der Waals surface area contributed by atoms with Crippen molar-refractivity contribution in [1.29, 1.82) is 0 Å². The molecule has 0 bridgehead atoms. The van der Waals surface area contributed by atoms with Crippen LogP contribution >= 0.6 is 0 Å². The van der Waals surface area contributed by atoms with Gasteiger partial charge in [-0.05, 0) is 0 Å². The number of nitrogens with zero attached hydrogens (tertiary/aromatic N) is 4. The Labute approximate surface area is 93.0 Å². The van der Waals surface area contributed by atoms with E-state index in [1.54, 1.807) is 11.9 Å². The summed E-state index contributed by atoms with van der Waals surface area (Å²) in [6.07, 6.45) is 1.33. The summed E-state index contributed by atoms with van der Waals surface area (Å²) >= 11 is 0. The predicted octanol–water partition coefficient (Wildman–Crippen LogP) is -0.457. The molecule has 7 nitrogen and oxygen atoms in total. The van der Waals surface area contributed by atoms with Crippen molar-refractivity contribution in [2.45, 2.75) is 13.5 Å². The largest absolute Gasteiger partial charge is 0.464 e. The molecule has 0 unspecified atom stereocenters. The van der Waals surface area contributed by atoms with E-state index in [2.05, 4.69) is 14.9 Å². The minimum absolute atomic E-state index is 0.0275. The Hall–Kier alpha value is -1.92. The van der Waals surface area contributed by atoms with E-state index in [0.29, 0.717) is 13.1 Å². The number of esters is 1. The molecule has 0 spiro atoms. The summed E-state index contributed by atoms with van der Waals surface area (Å²) in [5, 5.41) is 7.79. The minimum Gasteiger partial charge on any atom is -0.464 e. The molecule has 0 fully saturated rings. The molecule has 1 aromatic heterocycles. The van der Waals surface area contributed by atoms with Crippen LogP contribution in [0.25, 0.3) is 0 Å². The van der Waals surface area contributed by atoms with Crippen LogP contribution in [0.4, 0.5) is 0 Å². The van der Waals surface area contributed by atoms with Crippen molar-refractivity contribution in [2.24, 2.45) is 0 Å². The number of amides is 1. The number of rotatable bonds is 4. The summed E-state index contributed by atoms with van der Waals surface area (Å²) in [6, 6.07) is 0. The average molecular weight is 226 g/mol. The van der Waals surface area contributed by atoms with Crippen LogP contribution in [-0.2, 0) is 16.1 Å². The number of aromatic nitrogens is 3. The molecule has 0 aliphatic heterocycles. The molecule has 0 aliphatic rings. The normalized spacial score (nSPS) is 9.94. The Bertz CT molecular complexity index is 388. The lowest BCUT2D eigenvalue weighted by molar-refractivity contribution is -0.127. The van der Waals surface area contributed by atoms with Crippen LogP contribution in [0.15, 0.2) is 6.20 Å². The topological polar surface area (TPSA) is 77.3 Å². The molecule has 16 heavy (non-hydrogen) atoms. The molecule has 0 N–H and O–H groups in total. The fraction of sp³-hybridized carbons (Fsp3) is 0.556. The molecule has 88 valence electrons. The van der Waals surface area contributed by atoms with Gasteiger partial charge in [0.2, 0.25) is 5.91 Å². The van der Waals surface area contributed by atoms with Crippen LogP contribution < -0.4 is 0 Å². The molecule has 0 radical (unpaired) electrons. The summed E-state index contributed by atoms with van der Waals surface area (Å²) in [4.78, 5) is 24.9. The van der Waals surface area contributed by atoms with Gasteiger partial charge >= 0.3 is 5.97 Å². The zero-order chi connectivity index (χ0) is 12.1. The molecule has 0 aromatic carbocycles. The lowest BCUT2D eigenvalue weighted by atomic mass is 10.5. The molecule has 0 aliphatic carbocycles. The van der Waals surface area contributed by atoms with E-state index in [1.165, 1.54) is 25.0 Å². The SMILES string of the molecule is COC(=O)c1cnn(CCN(C)C(C)=O)n1. The van der Waals surface area contributed by atoms with Gasteiger partial charge in [-0.3, -0.25) is 4.79 Å². The van der Waals surface area contributed by atoms with Crippen LogP contribution in [0.5, 0.6) is 0 Å². The van der Waals surface area contributed by atoms with Crippen molar-refractivity contribution in [2.75, 3.05) is 20.7 Å². The molecular weight excluding hydrogens is 212 g/mol. The van der Waals surface area contributed by atoms with Gasteiger partial charge in [0.05, 0.1) is 19.9 Å². The highest BCUT2D eigenvalue weighted by Gasteiger charge is 2.10. The van der Waals surface area contributed by atoms with Crippen molar-refractivity contribution >= 4 is 11.9 Å². The van der Waals surface area contributed by atoms with Gasteiger partial charge in [-0.15, -0.1) is 5.10 Å². The van der Waals surface area contributed by atoms with Crippen molar-refractivity contribution < 1.29 is 14.3 Å². The van der Waals surface area contributed by atoms with Crippen molar-refractivity contribution in [1.82, 2.24) is 19.9 Å². The maximum Gasteiger partial charge on any atom is 0.360 e. The van der Waals surface area contributed by atoms with E-state index in [1.807, 2.05) is 0 Å². The van der Waals surface area contributed by atoms with E-state index >= 15 is 0 Å². The molecule has 7 heteroatoms. The smallest absolute Gasteiger partial charge is 0.360 e. The molecule has 0 atom stereocenters. The second-order valence-electron chi connectivity index (χ2n) is 3.26. The fourth-order valence-electron chi connectivity index (χ4n) is 1.00. The number of carbonyl (C=O) groups is 2. The highest BCUT2D eigenvalue weighted by Crippen LogP contribution is 1.94. The second-order valence-corrected chi connectivity index (χ2v) is 3.26. The van der Waals surface area contributed by atoms with Crippen LogP contribution in [0.2, 0.25) is 0 Å². The molecule has 1 amide bonds. The summed E-state index contributed by atoms with van der Waals surface area (Å²) in [5.74, 6) is -0.550. The zero-order valence-electron chi connectivity index (χ0n) is 9.51. The first-order valence-electron chi connectivity index (χ1n) is 4.74. The number of methoxy groups -OCH3 is 1. The molecule has 0 saturated carbocycles. The summed E-state index contributed by atoms with van der Waals surface area (Å²) < 4.78 is 4.49. The Kier molecular flexibility index (Phi) is 3.98. The van der Waals surface area contributed by atoms with Crippen LogP contribution in [0.3, 0.4) is 0 Å². The fourth-order valence-corrected chi connectivity index (χ4v) is 1.00. The van der Waals surface area contributed by atoms with E-state index in [4.69, 9.17) is 0 Å². The minimum atomic E-state index is -0.522. The molecule has 1 heterocycles. The molecule has 1 aromatic rings. The first-order chi connectivity index (χ1) is 7.54. The van der Waals surface area contributed by atoms with Crippen molar-refractivity contribution in [3.63, 3.8) is 0 Å². The van der Waals surface area contributed by atoms with Gasteiger partial charge < -0.3 is 9.64 Å². The molecular formula is C9H14N4O3. The summed E-state index contributed by atoms with van der Waals surface area (Å²) in [7, 11) is 2.97. The third kappa shape index (κ3) is 3.04. The van der Waals surface area contributed by atoms with E-state index in [9.17, 15) is 9.59 Å². The lowest BCUT2D eigenvalue weighted by Crippen LogP contribution is -2.28. The monoisotopic (exact) mass is 226 g/mol. The van der Waals surface area contributed by atoms with Crippen LogP contribution in [0.1, 0.15) is 17.4 Å². The molecule has 1 rings (SSSR count). The predicted molar refractivity (Wildman–Crippen MR) is 54.7 cm³/mol. The number of likely N-dealkylation sites (N-methyl/N-ethyl adjacent to an activating group) is 1. The van der Waals surface area contributed by atoms with Crippen LogP contribution in [0, 0.1) is 0 Å². The number of hydrogen-bond acceptors (Lipinski definition) is 5. The quantitative estimate of drug-likeness (QED) is 0.649. The maximum atomic E-state index is 11.1. The van der Waals surface area contributed by atoms with Gasteiger partial charge in [0.1, 0.15) is 0 Å². The molecule has 0 saturated heterocycles. The summed E-state index contributed by atoms with van der Waals surface area (Å²) in [6.45, 7) is 2.41. The van der Waals surface area contributed by atoms with E-state index in [-0.39, 0.29) is 11.6 Å². The summed E-state index contributed by atoms with van der Waals surface area (Å²) in [5.41, 5.74) is 0.160. The lowest BCUT2D eigenvalue weighted by Gasteiger charge is -2.13. The second kappa shape index (κ2) is 5.24. The van der Waals surface area contributed by atoms with E-state index < -0.39 is 5.97 Å². The van der Waals surface area contributed by atoms with Gasteiger partial charge in [-0.1, -0.05) is 0 Å². The average Bonchev–Trinajstić information content (AvgIpc) is 2.73. The van der Waals surface area contributed by atoms with Crippen LogP contribution in [-0.4, -0.2) is 52.5 Å². The van der Waals surface area contributed by atoms with E-state index in [0.717, 1.165) is 0 Å². The number of hydrogen-bond donors (Lipinski definition) is 0. The van der Waals surface area contributed by atoms with Gasteiger partial charge in [-0.2, -0.15) is 9.90 Å². The first-order valence-corrected chi connectivity index (χ1v) is 4.74. The standard InChI is InChI=1S/C9H14N4O3/c1-7(14)12(2)4-5-13-10-6-8(11-13)9(15)16-3/h6H,4-5H2,1-3H3. The van der Waals surface area contributed by atoms with Gasteiger partial charge in [0, 0.05) is 20.5 Å². The Morgan fingerprint density at radius 2 is 2.25 bits per heavy atom. The highest BCUT2D eigenvalue weighted by atomic mass is 16.5. The van der Waals surface area contributed by atoms with Crippen molar-refractivity contribution in [3.05, 3.63) is 11.9 Å². The van der Waals surface area contributed by atoms with Gasteiger partial charge in [0.25, 0.3) is 0 Å². The highest BCUT2D eigenvalue weighted by molar-refractivity contribution is 5.86. The number of carbonyl (C=O) groups excluding carboxylic acids is 2. The Morgan fingerprint density at radius 1 is 1.56 bits per heavy atom. The van der Waals surface area contributed by atoms with Gasteiger partial charge in [0.15, 0.2) is 5.69 Å². The third-order valence-corrected chi connectivity index (χ3v) is 2.10. The Balaban J connectivity index is 2.53. The Morgan fingerprint density at radius 3 is 2.81 bits per heavy atom.